The van der Waals surface area contributed by atoms with Crippen LogP contribution in [0.2, 0.25) is 0 Å². The minimum atomic E-state index is 0.929. The molecule has 1 aromatic carbocycles. The molecule has 1 aliphatic rings. The summed E-state index contributed by atoms with van der Waals surface area (Å²) in [6, 6.07) is 8.54. The third-order valence-electron chi connectivity index (χ3n) is 1.65. The number of halogens is 1. The zero-order chi connectivity index (χ0) is 8.39. The smallest absolute Gasteiger partial charge is 0.0232 e. The molecule has 1 fully saturated rings. The first-order chi connectivity index (χ1) is 5.84. The van der Waals surface area contributed by atoms with Crippen LogP contribution in [0.3, 0.4) is 0 Å². The SMILES string of the molecule is Brc1ccc(SC[C@@H]2CS2)cc1. The third-order valence-corrected chi connectivity index (χ3v) is 4.54. The maximum absolute atomic E-state index is 3.42. The second kappa shape index (κ2) is 4.07. The van der Waals surface area contributed by atoms with Crippen LogP contribution in [0.4, 0.5) is 0 Å². The molecule has 0 spiro atoms. The number of hydrogen-bond acceptors (Lipinski definition) is 2. The summed E-state index contributed by atoms with van der Waals surface area (Å²) in [7, 11) is 0. The van der Waals surface area contributed by atoms with Gasteiger partial charge in [0.15, 0.2) is 0 Å². The van der Waals surface area contributed by atoms with Gasteiger partial charge in [-0.05, 0) is 24.3 Å². The minimum absolute atomic E-state index is 0.929. The van der Waals surface area contributed by atoms with Gasteiger partial charge >= 0.3 is 0 Å². The molecule has 1 heterocycles. The van der Waals surface area contributed by atoms with Crippen LogP contribution in [-0.4, -0.2) is 16.8 Å². The van der Waals surface area contributed by atoms with Crippen molar-refractivity contribution in [3.63, 3.8) is 0 Å². The topological polar surface area (TPSA) is 0 Å². The Morgan fingerprint density at radius 1 is 1.42 bits per heavy atom. The van der Waals surface area contributed by atoms with Gasteiger partial charge in [-0.25, -0.2) is 0 Å². The normalized spacial score (nSPS) is 20.9. The molecule has 0 amide bonds. The molecule has 0 unspecified atom stereocenters. The van der Waals surface area contributed by atoms with Gasteiger partial charge in [-0.1, -0.05) is 15.9 Å². The Bertz CT molecular complexity index is 254. The van der Waals surface area contributed by atoms with Gasteiger partial charge in [-0.15, -0.1) is 11.8 Å². The zero-order valence-corrected chi connectivity index (χ0v) is 9.71. The molecule has 0 nitrogen and oxygen atoms in total. The number of thioether (sulfide) groups is 2. The highest BCUT2D eigenvalue weighted by atomic mass is 79.9. The molecule has 1 saturated heterocycles. The van der Waals surface area contributed by atoms with Crippen molar-refractivity contribution in [3.05, 3.63) is 28.7 Å². The Kier molecular flexibility index (Phi) is 3.05. The molecule has 0 aromatic heterocycles. The van der Waals surface area contributed by atoms with E-state index in [1.165, 1.54) is 16.4 Å². The van der Waals surface area contributed by atoms with E-state index in [9.17, 15) is 0 Å². The number of rotatable bonds is 3. The Morgan fingerprint density at radius 3 is 2.67 bits per heavy atom. The standard InChI is InChI=1S/C9H9BrS2/c10-7-1-3-8(4-2-7)11-5-9-6-12-9/h1-4,9H,5-6H2/t9-/m1/s1. The summed E-state index contributed by atoms with van der Waals surface area (Å²) in [4.78, 5) is 1.38. The first kappa shape index (κ1) is 8.97. The van der Waals surface area contributed by atoms with Crippen molar-refractivity contribution in [2.45, 2.75) is 10.1 Å². The van der Waals surface area contributed by atoms with Crippen molar-refractivity contribution in [3.8, 4) is 0 Å². The lowest BCUT2D eigenvalue weighted by Crippen LogP contribution is -1.86. The van der Waals surface area contributed by atoms with Crippen molar-refractivity contribution in [1.82, 2.24) is 0 Å². The molecule has 64 valence electrons. The van der Waals surface area contributed by atoms with Gasteiger partial charge in [0.25, 0.3) is 0 Å². The van der Waals surface area contributed by atoms with E-state index in [0.29, 0.717) is 0 Å². The lowest BCUT2D eigenvalue weighted by atomic mass is 10.4. The zero-order valence-electron chi connectivity index (χ0n) is 6.50. The number of hydrogen-bond donors (Lipinski definition) is 0. The Hall–Kier alpha value is 0.400. The van der Waals surface area contributed by atoms with E-state index in [2.05, 4.69) is 52.0 Å². The van der Waals surface area contributed by atoms with Crippen molar-refractivity contribution < 1.29 is 0 Å². The summed E-state index contributed by atoms with van der Waals surface area (Å²) in [6.45, 7) is 0. The first-order valence-electron chi connectivity index (χ1n) is 3.84. The highest BCUT2D eigenvalue weighted by Crippen LogP contribution is 2.35. The summed E-state index contributed by atoms with van der Waals surface area (Å²) in [6.07, 6.45) is 0. The van der Waals surface area contributed by atoms with Crippen molar-refractivity contribution in [1.29, 1.82) is 0 Å². The molecule has 1 aliphatic heterocycles. The van der Waals surface area contributed by atoms with Gasteiger partial charge in [0, 0.05) is 26.1 Å². The van der Waals surface area contributed by atoms with E-state index in [0.717, 1.165) is 9.72 Å². The van der Waals surface area contributed by atoms with Crippen molar-refractivity contribution in [2.24, 2.45) is 0 Å². The van der Waals surface area contributed by atoms with Gasteiger partial charge in [0.05, 0.1) is 0 Å². The Morgan fingerprint density at radius 2 is 2.08 bits per heavy atom. The molecule has 2 rings (SSSR count). The maximum Gasteiger partial charge on any atom is 0.0232 e. The lowest BCUT2D eigenvalue weighted by molar-refractivity contribution is 1.26. The van der Waals surface area contributed by atoms with Gasteiger partial charge in [0.2, 0.25) is 0 Å². The first-order valence-corrected chi connectivity index (χ1v) is 6.67. The monoisotopic (exact) mass is 260 g/mol. The molecule has 0 bridgehead atoms. The molecular formula is C9H9BrS2. The summed E-state index contributed by atoms with van der Waals surface area (Å²) < 4.78 is 1.16. The van der Waals surface area contributed by atoms with E-state index in [1.54, 1.807) is 0 Å². The third kappa shape index (κ3) is 2.71. The summed E-state index contributed by atoms with van der Waals surface area (Å²) >= 11 is 7.44. The minimum Gasteiger partial charge on any atom is -0.156 e. The van der Waals surface area contributed by atoms with Gasteiger partial charge in [0.1, 0.15) is 0 Å². The lowest BCUT2D eigenvalue weighted by Gasteiger charge is -1.98. The van der Waals surface area contributed by atoms with Crippen LogP contribution in [0.25, 0.3) is 0 Å². The van der Waals surface area contributed by atoms with E-state index in [1.807, 2.05) is 11.8 Å². The van der Waals surface area contributed by atoms with Crippen LogP contribution < -0.4 is 0 Å². The van der Waals surface area contributed by atoms with E-state index in [4.69, 9.17) is 0 Å². The summed E-state index contributed by atoms with van der Waals surface area (Å²) in [5.74, 6) is 2.63. The predicted molar refractivity (Wildman–Crippen MR) is 61.1 cm³/mol. The van der Waals surface area contributed by atoms with E-state index in [-0.39, 0.29) is 0 Å². The molecular weight excluding hydrogens is 252 g/mol. The fourth-order valence-electron chi connectivity index (χ4n) is 0.884. The van der Waals surface area contributed by atoms with Crippen LogP contribution in [0, 0.1) is 0 Å². The molecule has 12 heavy (non-hydrogen) atoms. The van der Waals surface area contributed by atoms with Crippen LogP contribution >= 0.6 is 39.5 Å². The van der Waals surface area contributed by atoms with Crippen LogP contribution in [0.15, 0.2) is 33.6 Å². The maximum atomic E-state index is 3.42. The fourth-order valence-corrected chi connectivity index (χ4v) is 2.97. The molecule has 0 aliphatic carbocycles. The largest absolute Gasteiger partial charge is 0.156 e. The van der Waals surface area contributed by atoms with E-state index >= 15 is 0 Å². The van der Waals surface area contributed by atoms with Gasteiger partial charge in [-0.2, -0.15) is 11.8 Å². The molecule has 1 aromatic rings. The number of benzene rings is 1. The second-order valence-corrected chi connectivity index (χ2v) is 6.06. The molecule has 0 N–H and O–H groups in total. The highest BCUT2D eigenvalue weighted by Gasteiger charge is 2.21. The highest BCUT2D eigenvalue weighted by molar-refractivity contribution is 9.10. The van der Waals surface area contributed by atoms with Crippen molar-refractivity contribution >= 4 is 39.5 Å². The van der Waals surface area contributed by atoms with Gasteiger partial charge in [-0.3, -0.25) is 0 Å². The predicted octanol–water partition coefficient (Wildman–Crippen LogP) is 3.66. The molecule has 3 heteroatoms. The summed E-state index contributed by atoms with van der Waals surface area (Å²) in [5.41, 5.74) is 0. The van der Waals surface area contributed by atoms with Crippen LogP contribution in [0.1, 0.15) is 0 Å². The van der Waals surface area contributed by atoms with E-state index < -0.39 is 0 Å². The van der Waals surface area contributed by atoms with Gasteiger partial charge < -0.3 is 0 Å². The average Bonchev–Trinajstić information content (AvgIpc) is 2.87. The van der Waals surface area contributed by atoms with Crippen molar-refractivity contribution in [2.75, 3.05) is 11.5 Å². The average molecular weight is 261 g/mol. The molecule has 1 atom stereocenters. The fraction of sp³-hybridized carbons (Fsp3) is 0.333. The quantitative estimate of drug-likeness (QED) is 0.601. The molecule has 0 radical (unpaired) electrons. The second-order valence-electron chi connectivity index (χ2n) is 2.72. The Labute approximate surface area is 89.6 Å². The van der Waals surface area contributed by atoms with Crippen LogP contribution in [-0.2, 0) is 0 Å². The van der Waals surface area contributed by atoms with Crippen LogP contribution in [0.5, 0.6) is 0 Å². The molecule has 0 saturated carbocycles. The Balaban J connectivity index is 1.89. The summed E-state index contributed by atoms with van der Waals surface area (Å²) in [5, 5.41) is 0.929.